The molecule has 1 fully saturated rings. The summed E-state index contributed by atoms with van der Waals surface area (Å²) in [7, 11) is 0. The third-order valence-electron chi connectivity index (χ3n) is 2.98. The van der Waals surface area contributed by atoms with Crippen LogP contribution in [0.15, 0.2) is 28.7 Å². The summed E-state index contributed by atoms with van der Waals surface area (Å²) in [6.45, 7) is 1.54. The average molecular weight is 249 g/mol. The highest BCUT2D eigenvalue weighted by Gasteiger charge is 2.25. The largest absolute Gasteiger partial charge is 0.450 e. The standard InChI is InChI=1S/C13H12FNO3/c14-9-3-1-2-8-6-11(18-13(8)9)12(16)10-7-17-5-4-15-10/h1-3,6,10,15H,4-5,7H2. The van der Waals surface area contributed by atoms with Crippen LogP contribution in [-0.2, 0) is 4.74 Å². The molecule has 1 unspecified atom stereocenters. The lowest BCUT2D eigenvalue weighted by Gasteiger charge is -2.21. The van der Waals surface area contributed by atoms with Gasteiger partial charge in [0.15, 0.2) is 17.2 Å². The highest BCUT2D eigenvalue weighted by molar-refractivity contribution is 6.01. The Labute approximate surface area is 103 Å². The number of nitrogens with one attached hydrogen (secondary N) is 1. The second-order valence-corrected chi connectivity index (χ2v) is 4.21. The van der Waals surface area contributed by atoms with E-state index in [0.717, 1.165) is 0 Å². The topological polar surface area (TPSA) is 51.5 Å². The number of ether oxygens (including phenoxy) is 1. The summed E-state index contributed by atoms with van der Waals surface area (Å²) < 4.78 is 24.0. The molecule has 2 heterocycles. The quantitative estimate of drug-likeness (QED) is 0.824. The Kier molecular flexibility index (Phi) is 2.85. The molecule has 1 aliphatic rings. The fourth-order valence-corrected chi connectivity index (χ4v) is 2.05. The minimum atomic E-state index is -0.459. The van der Waals surface area contributed by atoms with E-state index in [4.69, 9.17) is 9.15 Å². The summed E-state index contributed by atoms with van der Waals surface area (Å²) in [5, 5.41) is 3.64. The molecule has 0 bridgehead atoms. The van der Waals surface area contributed by atoms with Crippen LogP contribution >= 0.6 is 0 Å². The van der Waals surface area contributed by atoms with Crippen molar-refractivity contribution in [1.29, 1.82) is 0 Å². The molecule has 1 atom stereocenters. The zero-order valence-electron chi connectivity index (χ0n) is 9.61. The lowest BCUT2D eigenvalue weighted by Crippen LogP contribution is -2.46. The van der Waals surface area contributed by atoms with Crippen LogP contribution in [0.3, 0.4) is 0 Å². The van der Waals surface area contributed by atoms with Crippen LogP contribution in [0.1, 0.15) is 10.6 Å². The average Bonchev–Trinajstić information content (AvgIpc) is 2.84. The maximum atomic E-state index is 13.5. The van der Waals surface area contributed by atoms with E-state index in [-0.39, 0.29) is 17.1 Å². The van der Waals surface area contributed by atoms with Crippen molar-refractivity contribution >= 4 is 16.8 Å². The highest BCUT2D eigenvalue weighted by atomic mass is 19.1. The van der Waals surface area contributed by atoms with Crippen LogP contribution in [0.25, 0.3) is 11.0 Å². The number of halogens is 1. The molecule has 1 aliphatic heterocycles. The van der Waals surface area contributed by atoms with Crippen molar-refractivity contribution in [3.8, 4) is 0 Å². The van der Waals surface area contributed by atoms with E-state index in [1.54, 1.807) is 18.2 Å². The van der Waals surface area contributed by atoms with E-state index in [1.165, 1.54) is 6.07 Å². The first-order chi connectivity index (χ1) is 8.75. The van der Waals surface area contributed by atoms with Crippen LogP contribution in [0.5, 0.6) is 0 Å². The molecule has 2 aromatic rings. The number of rotatable bonds is 2. The number of para-hydroxylation sites is 1. The van der Waals surface area contributed by atoms with Crippen molar-refractivity contribution in [1.82, 2.24) is 5.32 Å². The number of ketones is 1. The Bertz CT molecular complexity index is 587. The van der Waals surface area contributed by atoms with Gasteiger partial charge in [-0.25, -0.2) is 4.39 Å². The lowest BCUT2D eigenvalue weighted by molar-refractivity contribution is 0.0589. The first-order valence-electron chi connectivity index (χ1n) is 5.79. The Hall–Kier alpha value is -1.72. The third-order valence-corrected chi connectivity index (χ3v) is 2.98. The smallest absolute Gasteiger partial charge is 0.217 e. The summed E-state index contributed by atoms with van der Waals surface area (Å²) in [5.74, 6) is -0.497. The van der Waals surface area contributed by atoms with E-state index in [9.17, 15) is 9.18 Å². The molecule has 0 saturated carbocycles. The van der Waals surface area contributed by atoms with Crippen LogP contribution in [-0.4, -0.2) is 31.6 Å². The minimum absolute atomic E-state index is 0.123. The van der Waals surface area contributed by atoms with E-state index in [2.05, 4.69) is 5.32 Å². The van der Waals surface area contributed by atoms with Gasteiger partial charge in [0, 0.05) is 11.9 Å². The number of fused-ring (bicyclic) bond motifs is 1. The van der Waals surface area contributed by atoms with E-state index in [1.807, 2.05) is 0 Å². The second-order valence-electron chi connectivity index (χ2n) is 4.21. The number of hydrogen-bond acceptors (Lipinski definition) is 4. The molecule has 3 rings (SSSR count). The monoisotopic (exact) mass is 249 g/mol. The number of benzene rings is 1. The minimum Gasteiger partial charge on any atom is -0.450 e. The number of Topliss-reactive ketones (excluding diaryl/α,β-unsaturated/α-hetero) is 1. The van der Waals surface area contributed by atoms with Gasteiger partial charge in [0.25, 0.3) is 0 Å². The zero-order valence-corrected chi connectivity index (χ0v) is 9.61. The molecule has 1 aromatic heterocycles. The van der Waals surface area contributed by atoms with Gasteiger partial charge in [0.1, 0.15) is 0 Å². The van der Waals surface area contributed by atoms with Gasteiger partial charge in [0.2, 0.25) is 5.78 Å². The van der Waals surface area contributed by atoms with Gasteiger partial charge in [-0.2, -0.15) is 0 Å². The molecule has 0 spiro atoms. The predicted molar refractivity (Wildman–Crippen MR) is 63.1 cm³/mol. The van der Waals surface area contributed by atoms with Crippen molar-refractivity contribution in [2.24, 2.45) is 0 Å². The van der Waals surface area contributed by atoms with E-state index in [0.29, 0.717) is 25.1 Å². The normalized spacial score (nSPS) is 20.2. The van der Waals surface area contributed by atoms with Crippen molar-refractivity contribution in [2.75, 3.05) is 19.8 Å². The SMILES string of the molecule is O=C(c1cc2cccc(F)c2o1)C1COCCN1. The number of hydrogen-bond donors (Lipinski definition) is 1. The van der Waals surface area contributed by atoms with Gasteiger partial charge < -0.3 is 14.5 Å². The Morgan fingerprint density at radius 3 is 3.06 bits per heavy atom. The van der Waals surface area contributed by atoms with Crippen molar-refractivity contribution in [2.45, 2.75) is 6.04 Å². The van der Waals surface area contributed by atoms with Gasteiger partial charge in [-0.3, -0.25) is 4.79 Å². The Morgan fingerprint density at radius 2 is 2.33 bits per heavy atom. The van der Waals surface area contributed by atoms with Crippen LogP contribution in [0.4, 0.5) is 4.39 Å². The summed E-state index contributed by atoms with van der Waals surface area (Å²) >= 11 is 0. The number of carbonyl (C=O) groups is 1. The van der Waals surface area contributed by atoms with Gasteiger partial charge in [-0.1, -0.05) is 12.1 Å². The summed E-state index contributed by atoms with van der Waals surface area (Å²) in [4.78, 5) is 12.1. The van der Waals surface area contributed by atoms with Crippen molar-refractivity contribution in [3.63, 3.8) is 0 Å². The molecule has 1 saturated heterocycles. The molecule has 0 radical (unpaired) electrons. The maximum Gasteiger partial charge on any atom is 0.217 e. The first-order valence-corrected chi connectivity index (χ1v) is 5.79. The van der Waals surface area contributed by atoms with Crippen LogP contribution in [0.2, 0.25) is 0 Å². The highest BCUT2D eigenvalue weighted by Crippen LogP contribution is 2.23. The number of carbonyl (C=O) groups excluding carboxylic acids is 1. The van der Waals surface area contributed by atoms with Crippen molar-refractivity contribution in [3.05, 3.63) is 35.8 Å². The lowest BCUT2D eigenvalue weighted by atomic mass is 10.1. The zero-order chi connectivity index (χ0) is 12.5. The fourth-order valence-electron chi connectivity index (χ4n) is 2.05. The first kappa shape index (κ1) is 11.4. The molecule has 18 heavy (non-hydrogen) atoms. The molecule has 0 amide bonds. The maximum absolute atomic E-state index is 13.5. The van der Waals surface area contributed by atoms with E-state index >= 15 is 0 Å². The second kappa shape index (κ2) is 4.51. The van der Waals surface area contributed by atoms with Gasteiger partial charge in [-0.05, 0) is 12.1 Å². The molecule has 1 N–H and O–H groups in total. The summed E-state index contributed by atoms with van der Waals surface area (Å²) in [6.07, 6.45) is 0. The van der Waals surface area contributed by atoms with Crippen LogP contribution < -0.4 is 5.32 Å². The van der Waals surface area contributed by atoms with Crippen LogP contribution in [0, 0.1) is 5.82 Å². The summed E-state index contributed by atoms with van der Waals surface area (Å²) in [6, 6.07) is 5.76. The van der Waals surface area contributed by atoms with Gasteiger partial charge >= 0.3 is 0 Å². The number of furan rings is 1. The molecular weight excluding hydrogens is 237 g/mol. The van der Waals surface area contributed by atoms with E-state index < -0.39 is 11.9 Å². The Balaban J connectivity index is 1.94. The van der Waals surface area contributed by atoms with Crippen molar-refractivity contribution < 1.29 is 18.3 Å². The third kappa shape index (κ3) is 1.91. The summed E-state index contributed by atoms with van der Waals surface area (Å²) in [5.41, 5.74) is 0.123. The van der Waals surface area contributed by atoms with Gasteiger partial charge in [-0.15, -0.1) is 0 Å². The Morgan fingerprint density at radius 1 is 1.44 bits per heavy atom. The molecule has 1 aromatic carbocycles. The molecule has 4 nitrogen and oxygen atoms in total. The molecular formula is C13H12FNO3. The molecule has 5 heteroatoms. The number of morpholine rings is 1. The molecule has 94 valence electrons. The fraction of sp³-hybridized carbons (Fsp3) is 0.308. The van der Waals surface area contributed by atoms with Gasteiger partial charge in [0.05, 0.1) is 19.3 Å². The predicted octanol–water partition coefficient (Wildman–Crippen LogP) is 1.74. The molecule has 0 aliphatic carbocycles.